The van der Waals surface area contributed by atoms with E-state index in [-0.39, 0.29) is 5.84 Å². The number of hydrogen-bond donors (Lipinski definition) is 2. The van der Waals surface area contributed by atoms with Gasteiger partial charge < -0.3 is 15.7 Å². The van der Waals surface area contributed by atoms with E-state index in [9.17, 15) is 0 Å². The fourth-order valence-electron chi connectivity index (χ4n) is 1.97. The summed E-state index contributed by atoms with van der Waals surface area (Å²) in [6.45, 7) is 3.77. The van der Waals surface area contributed by atoms with Crippen molar-refractivity contribution in [3.8, 4) is 0 Å². The van der Waals surface area contributed by atoms with E-state index in [2.05, 4.69) is 12.1 Å². The Morgan fingerprint density at radius 1 is 1.44 bits per heavy atom. The third kappa shape index (κ3) is 3.17. The SMILES string of the molecule is Cc1cc(/C(N)=N/O)ccc1SC1CCOCC1. The van der Waals surface area contributed by atoms with Crippen molar-refractivity contribution in [1.82, 2.24) is 0 Å². The van der Waals surface area contributed by atoms with Gasteiger partial charge in [-0.3, -0.25) is 0 Å². The fourth-order valence-corrected chi connectivity index (χ4v) is 3.15. The maximum absolute atomic E-state index is 8.65. The van der Waals surface area contributed by atoms with Crippen molar-refractivity contribution in [2.75, 3.05) is 13.2 Å². The summed E-state index contributed by atoms with van der Waals surface area (Å²) < 4.78 is 5.36. The van der Waals surface area contributed by atoms with Gasteiger partial charge in [0.15, 0.2) is 5.84 Å². The summed E-state index contributed by atoms with van der Waals surface area (Å²) in [4.78, 5) is 1.26. The van der Waals surface area contributed by atoms with Crippen molar-refractivity contribution in [3.63, 3.8) is 0 Å². The average Bonchev–Trinajstić information content (AvgIpc) is 2.41. The zero-order chi connectivity index (χ0) is 13.0. The predicted octanol–water partition coefficient (Wildman–Crippen LogP) is 2.36. The Morgan fingerprint density at radius 3 is 2.78 bits per heavy atom. The molecule has 3 N–H and O–H groups in total. The summed E-state index contributed by atoms with van der Waals surface area (Å²) >= 11 is 1.90. The van der Waals surface area contributed by atoms with Gasteiger partial charge >= 0.3 is 0 Å². The average molecular weight is 266 g/mol. The van der Waals surface area contributed by atoms with Gasteiger partial charge in [-0.2, -0.15) is 0 Å². The first kappa shape index (κ1) is 13.2. The second kappa shape index (κ2) is 6.11. The van der Waals surface area contributed by atoms with Crippen LogP contribution < -0.4 is 5.73 Å². The van der Waals surface area contributed by atoms with Crippen molar-refractivity contribution in [3.05, 3.63) is 29.3 Å². The molecule has 1 aliphatic heterocycles. The summed E-state index contributed by atoms with van der Waals surface area (Å²) in [6.07, 6.45) is 2.21. The summed E-state index contributed by atoms with van der Waals surface area (Å²) in [7, 11) is 0. The molecule has 0 spiro atoms. The molecule has 98 valence electrons. The predicted molar refractivity (Wildman–Crippen MR) is 73.4 cm³/mol. The lowest BCUT2D eigenvalue weighted by atomic mass is 10.1. The number of rotatable bonds is 3. The van der Waals surface area contributed by atoms with Crippen molar-refractivity contribution < 1.29 is 9.94 Å². The van der Waals surface area contributed by atoms with Crippen molar-refractivity contribution in [2.24, 2.45) is 10.9 Å². The highest BCUT2D eigenvalue weighted by molar-refractivity contribution is 8.00. The molecular weight excluding hydrogens is 248 g/mol. The Kier molecular flexibility index (Phi) is 4.49. The highest BCUT2D eigenvalue weighted by atomic mass is 32.2. The molecule has 5 heteroatoms. The first-order valence-electron chi connectivity index (χ1n) is 6.03. The lowest BCUT2D eigenvalue weighted by Gasteiger charge is -2.22. The number of aryl methyl sites for hydroxylation is 1. The second-order valence-corrected chi connectivity index (χ2v) is 5.74. The third-order valence-corrected chi connectivity index (χ3v) is 4.56. The minimum Gasteiger partial charge on any atom is -0.409 e. The number of ether oxygens (including phenoxy) is 1. The quantitative estimate of drug-likeness (QED) is 0.381. The molecular formula is C13H18N2O2S. The Labute approximate surface area is 111 Å². The number of amidine groups is 1. The molecule has 0 unspecified atom stereocenters. The molecule has 0 aromatic heterocycles. The van der Waals surface area contributed by atoms with E-state index in [0.717, 1.165) is 37.2 Å². The summed E-state index contributed by atoms with van der Waals surface area (Å²) in [5, 5.41) is 12.3. The van der Waals surface area contributed by atoms with Gasteiger partial charge in [-0.15, -0.1) is 11.8 Å². The third-order valence-electron chi connectivity index (χ3n) is 3.04. The van der Waals surface area contributed by atoms with E-state index >= 15 is 0 Å². The van der Waals surface area contributed by atoms with Crippen LogP contribution in [0, 0.1) is 6.92 Å². The van der Waals surface area contributed by atoms with Crippen molar-refractivity contribution >= 4 is 17.6 Å². The number of oxime groups is 1. The van der Waals surface area contributed by atoms with E-state index in [0.29, 0.717) is 5.25 Å². The smallest absolute Gasteiger partial charge is 0.170 e. The van der Waals surface area contributed by atoms with E-state index in [1.54, 1.807) is 0 Å². The zero-order valence-corrected chi connectivity index (χ0v) is 11.2. The standard InChI is InChI=1S/C13H18N2O2S/c1-9-8-10(13(14)15-16)2-3-12(9)18-11-4-6-17-7-5-11/h2-3,8,11,16H,4-7H2,1H3,(H2,14,15). The maximum atomic E-state index is 8.65. The largest absolute Gasteiger partial charge is 0.409 e. The number of nitrogens with zero attached hydrogens (tertiary/aromatic N) is 1. The molecule has 1 aromatic rings. The monoisotopic (exact) mass is 266 g/mol. The Bertz CT molecular complexity index is 443. The molecule has 0 amide bonds. The van der Waals surface area contributed by atoms with Crippen LogP contribution in [-0.2, 0) is 4.74 Å². The second-order valence-electron chi connectivity index (χ2n) is 4.40. The lowest BCUT2D eigenvalue weighted by Crippen LogP contribution is -2.17. The zero-order valence-electron chi connectivity index (χ0n) is 10.4. The van der Waals surface area contributed by atoms with Crippen LogP contribution in [0.4, 0.5) is 0 Å². The van der Waals surface area contributed by atoms with Crippen molar-refractivity contribution in [2.45, 2.75) is 29.9 Å². The first-order valence-corrected chi connectivity index (χ1v) is 6.91. The van der Waals surface area contributed by atoms with Gasteiger partial charge in [-0.25, -0.2) is 0 Å². The number of benzene rings is 1. The van der Waals surface area contributed by atoms with Gasteiger partial charge in [0.1, 0.15) is 0 Å². The van der Waals surface area contributed by atoms with Gasteiger partial charge in [-0.05, 0) is 37.5 Å². The number of nitrogens with two attached hydrogens (primary N) is 1. The van der Waals surface area contributed by atoms with Crippen LogP contribution in [0.2, 0.25) is 0 Å². The summed E-state index contributed by atoms with van der Waals surface area (Å²) in [5.74, 6) is 0.153. The maximum Gasteiger partial charge on any atom is 0.170 e. The van der Waals surface area contributed by atoms with Gasteiger partial charge in [0.25, 0.3) is 0 Å². The van der Waals surface area contributed by atoms with Gasteiger partial charge in [0, 0.05) is 28.9 Å². The van der Waals surface area contributed by atoms with Crippen LogP contribution in [0.15, 0.2) is 28.3 Å². The Morgan fingerprint density at radius 2 is 2.17 bits per heavy atom. The summed E-state index contributed by atoms with van der Waals surface area (Å²) in [6, 6.07) is 5.89. The molecule has 18 heavy (non-hydrogen) atoms. The van der Waals surface area contributed by atoms with Gasteiger partial charge in [0.2, 0.25) is 0 Å². The normalized spacial score (nSPS) is 17.9. The molecule has 0 saturated carbocycles. The van der Waals surface area contributed by atoms with Gasteiger partial charge in [0.05, 0.1) is 0 Å². The molecule has 0 radical (unpaired) electrons. The van der Waals surface area contributed by atoms with Crippen LogP contribution in [0.3, 0.4) is 0 Å². The highest BCUT2D eigenvalue weighted by Gasteiger charge is 2.16. The molecule has 1 heterocycles. The molecule has 0 aliphatic carbocycles. The van der Waals surface area contributed by atoms with E-state index in [1.807, 2.05) is 30.0 Å². The molecule has 1 saturated heterocycles. The van der Waals surface area contributed by atoms with Crippen molar-refractivity contribution in [1.29, 1.82) is 0 Å². The molecule has 1 aliphatic rings. The Hall–Kier alpha value is -1.20. The van der Waals surface area contributed by atoms with Crippen LogP contribution >= 0.6 is 11.8 Å². The van der Waals surface area contributed by atoms with E-state index in [4.69, 9.17) is 15.7 Å². The highest BCUT2D eigenvalue weighted by Crippen LogP contribution is 2.32. The van der Waals surface area contributed by atoms with Crippen LogP contribution in [-0.4, -0.2) is 29.5 Å². The lowest BCUT2D eigenvalue weighted by molar-refractivity contribution is 0.100. The van der Waals surface area contributed by atoms with Crippen LogP contribution in [0.25, 0.3) is 0 Å². The fraction of sp³-hybridized carbons (Fsp3) is 0.462. The Balaban J connectivity index is 2.09. The van der Waals surface area contributed by atoms with E-state index < -0.39 is 0 Å². The van der Waals surface area contributed by atoms with E-state index in [1.165, 1.54) is 4.90 Å². The van der Waals surface area contributed by atoms with Crippen LogP contribution in [0.5, 0.6) is 0 Å². The molecule has 1 fully saturated rings. The molecule has 0 bridgehead atoms. The minimum atomic E-state index is 0.153. The summed E-state index contributed by atoms with van der Waals surface area (Å²) in [5.41, 5.74) is 7.49. The topological polar surface area (TPSA) is 67.8 Å². The van der Waals surface area contributed by atoms with Crippen LogP contribution in [0.1, 0.15) is 24.0 Å². The first-order chi connectivity index (χ1) is 8.70. The molecule has 2 rings (SSSR count). The number of hydrogen-bond acceptors (Lipinski definition) is 4. The molecule has 0 atom stereocenters. The number of thioether (sulfide) groups is 1. The molecule has 4 nitrogen and oxygen atoms in total. The van der Waals surface area contributed by atoms with Gasteiger partial charge in [-0.1, -0.05) is 11.2 Å². The molecule has 1 aromatic carbocycles. The minimum absolute atomic E-state index is 0.153.